The van der Waals surface area contributed by atoms with Gasteiger partial charge < -0.3 is 0 Å². The van der Waals surface area contributed by atoms with E-state index in [4.69, 9.17) is 6.58 Å². The van der Waals surface area contributed by atoms with Gasteiger partial charge in [-0.1, -0.05) is 120 Å². The van der Waals surface area contributed by atoms with Crippen molar-refractivity contribution in [1.29, 1.82) is 0 Å². The van der Waals surface area contributed by atoms with Crippen LogP contribution in [0, 0.1) is 41.4 Å². The second-order valence-corrected chi connectivity index (χ2v) is 12.8. The van der Waals surface area contributed by atoms with Crippen molar-refractivity contribution in [3.63, 3.8) is 0 Å². The highest BCUT2D eigenvalue weighted by molar-refractivity contribution is 5.46. The molecular weight excluding hydrogens is 456 g/mol. The van der Waals surface area contributed by atoms with Gasteiger partial charge in [0.15, 0.2) is 0 Å². The Bertz CT molecular complexity index is 1000. The number of hydrogen-bond donors (Lipinski definition) is 0. The second kappa shape index (κ2) is 15.5. The molecule has 0 nitrogen and oxygen atoms in total. The van der Waals surface area contributed by atoms with Crippen molar-refractivity contribution in [3.8, 4) is 0 Å². The average molecular weight is 515 g/mol. The van der Waals surface area contributed by atoms with Gasteiger partial charge in [-0.05, 0) is 118 Å². The van der Waals surface area contributed by atoms with Crippen molar-refractivity contribution in [2.24, 2.45) is 41.4 Å². The summed E-state index contributed by atoms with van der Waals surface area (Å²) in [4.78, 5) is 0. The zero-order chi connectivity index (χ0) is 28.4. The smallest absolute Gasteiger partial charge is 0.0108 e. The SMILES string of the molecule is C=C1C(C)=CC2=CCC(=C2)C(CC)C(C)CC(C)C=CC=CCC(C)C(C)C1C(C)CC(C)=CC(C)=CC. The van der Waals surface area contributed by atoms with Crippen molar-refractivity contribution >= 4 is 0 Å². The highest BCUT2D eigenvalue weighted by atomic mass is 14.3. The number of allylic oxidation sites excluding steroid dienone is 15. The molecule has 210 valence electrons. The summed E-state index contributed by atoms with van der Waals surface area (Å²) in [6.07, 6.45) is 27.1. The molecule has 0 saturated carbocycles. The van der Waals surface area contributed by atoms with Gasteiger partial charge in [0.2, 0.25) is 0 Å². The van der Waals surface area contributed by atoms with Gasteiger partial charge in [0.05, 0.1) is 0 Å². The zero-order valence-corrected chi connectivity index (χ0v) is 26.5. The summed E-state index contributed by atoms with van der Waals surface area (Å²) in [6, 6.07) is 0. The Morgan fingerprint density at radius 2 is 1.79 bits per heavy atom. The summed E-state index contributed by atoms with van der Waals surface area (Å²) < 4.78 is 0. The van der Waals surface area contributed by atoms with Crippen LogP contribution in [-0.4, -0.2) is 0 Å². The highest BCUT2D eigenvalue weighted by Crippen LogP contribution is 2.41. The molecular formula is C38H58. The Kier molecular flexibility index (Phi) is 13.1. The molecule has 0 N–H and O–H groups in total. The van der Waals surface area contributed by atoms with Crippen LogP contribution in [0.4, 0.5) is 0 Å². The van der Waals surface area contributed by atoms with Crippen LogP contribution < -0.4 is 0 Å². The Hall–Kier alpha value is -2.08. The van der Waals surface area contributed by atoms with Gasteiger partial charge in [0.25, 0.3) is 0 Å². The maximum Gasteiger partial charge on any atom is -0.0108 e. The van der Waals surface area contributed by atoms with Crippen LogP contribution in [0.1, 0.15) is 101 Å². The molecule has 0 amide bonds. The third-order valence-electron chi connectivity index (χ3n) is 9.41. The fraction of sp³-hybridized carbons (Fsp3) is 0.579. The van der Waals surface area contributed by atoms with E-state index in [0.29, 0.717) is 41.4 Å². The van der Waals surface area contributed by atoms with Gasteiger partial charge in [-0.25, -0.2) is 0 Å². The third kappa shape index (κ3) is 9.29. The Morgan fingerprint density at radius 1 is 1.08 bits per heavy atom. The minimum atomic E-state index is 0.451. The Balaban J connectivity index is 2.46. The van der Waals surface area contributed by atoms with Gasteiger partial charge in [-0.2, -0.15) is 0 Å². The molecule has 38 heavy (non-hydrogen) atoms. The largest absolute Gasteiger partial charge is 0.0953 e. The zero-order valence-electron chi connectivity index (χ0n) is 26.5. The minimum absolute atomic E-state index is 0.451. The third-order valence-corrected chi connectivity index (χ3v) is 9.41. The molecule has 0 fully saturated rings. The van der Waals surface area contributed by atoms with E-state index in [1.165, 1.54) is 40.7 Å². The van der Waals surface area contributed by atoms with E-state index >= 15 is 0 Å². The molecule has 7 atom stereocenters. The normalized spacial score (nSPS) is 31.3. The summed E-state index contributed by atoms with van der Waals surface area (Å²) in [7, 11) is 0. The van der Waals surface area contributed by atoms with E-state index in [1.807, 2.05) is 0 Å². The summed E-state index contributed by atoms with van der Waals surface area (Å²) in [5.74, 6) is 4.09. The average Bonchev–Trinajstić information content (AvgIpc) is 3.30. The van der Waals surface area contributed by atoms with E-state index in [1.54, 1.807) is 5.57 Å². The number of hydrogen-bond acceptors (Lipinski definition) is 0. The molecule has 0 heteroatoms. The lowest BCUT2D eigenvalue weighted by Gasteiger charge is -2.35. The van der Waals surface area contributed by atoms with E-state index in [2.05, 4.69) is 124 Å². The maximum absolute atomic E-state index is 4.76. The molecule has 2 bridgehead atoms. The molecule has 0 spiro atoms. The lowest BCUT2D eigenvalue weighted by molar-refractivity contribution is 0.230. The quantitative estimate of drug-likeness (QED) is 0.320. The summed E-state index contributed by atoms with van der Waals surface area (Å²) in [6.45, 7) is 28.2. The van der Waals surface area contributed by atoms with Gasteiger partial charge in [0.1, 0.15) is 0 Å². The van der Waals surface area contributed by atoms with Crippen LogP contribution in [0.25, 0.3) is 0 Å². The van der Waals surface area contributed by atoms with Gasteiger partial charge in [-0.3, -0.25) is 0 Å². The summed E-state index contributed by atoms with van der Waals surface area (Å²) in [5.41, 5.74) is 8.49. The molecule has 2 rings (SSSR count). The van der Waals surface area contributed by atoms with E-state index in [-0.39, 0.29) is 0 Å². The van der Waals surface area contributed by atoms with Crippen LogP contribution in [0.2, 0.25) is 0 Å². The van der Waals surface area contributed by atoms with Crippen molar-refractivity contribution < 1.29 is 0 Å². The van der Waals surface area contributed by atoms with Crippen molar-refractivity contribution in [2.45, 2.75) is 101 Å². The van der Waals surface area contributed by atoms with Gasteiger partial charge in [0, 0.05) is 0 Å². The molecule has 0 aromatic rings. The molecule has 0 radical (unpaired) electrons. The summed E-state index contributed by atoms with van der Waals surface area (Å²) in [5, 5.41) is 0. The fourth-order valence-corrected chi connectivity index (χ4v) is 6.93. The van der Waals surface area contributed by atoms with Crippen molar-refractivity contribution in [3.05, 3.63) is 94.7 Å². The van der Waals surface area contributed by atoms with Crippen molar-refractivity contribution in [2.75, 3.05) is 0 Å². The molecule has 0 saturated heterocycles. The fourth-order valence-electron chi connectivity index (χ4n) is 6.93. The van der Waals surface area contributed by atoms with E-state index in [0.717, 1.165) is 19.3 Å². The Morgan fingerprint density at radius 3 is 2.45 bits per heavy atom. The number of fused-ring (bicyclic) bond motifs is 1. The first kappa shape index (κ1) is 32.1. The van der Waals surface area contributed by atoms with E-state index < -0.39 is 0 Å². The predicted molar refractivity (Wildman–Crippen MR) is 172 cm³/mol. The maximum atomic E-state index is 4.76. The lowest BCUT2D eigenvalue weighted by Crippen LogP contribution is -2.27. The molecule has 2 aliphatic rings. The van der Waals surface area contributed by atoms with Crippen LogP contribution >= 0.6 is 0 Å². The highest BCUT2D eigenvalue weighted by Gasteiger charge is 2.30. The minimum Gasteiger partial charge on any atom is -0.0953 e. The predicted octanol–water partition coefficient (Wildman–Crippen LogP) is 11.8. The van der Waals surface area contributed by atoms with Crippen LogP contribution in [0.3, 0.4) is 0 Å². The van der Waals surface area contributed by atoms with Crippen LogP contribution in [-0.2, 0) is 0 Å². The molecule has 0 aromatic carbocycles. The topological polar surface area (TPSA) is 0 Å². The second-order valence-electron chi connectivity index (χ2n) is 12.8. The monoisotopic (exact) mass is 514 g/mol. The molecule has 0 heterocycles. The van der Waals surface area contributed by atoms with E-state index in [9.17, 15) is 0 Å². The summed E-state index contributed by atoms with van der Waals surface area (Å²) >= 11 is 0. The molecule has 2 aliphatic carbocycles. The molecule has 7 unspecified atom stereocenters. The molecule has 0 aliphatic heterocycles. The van der Waals surface area contributed by atoms with Crippen LogP contribution in [0.15, 0.2) is 94.7 Å². The first-order valence-corrected chi connectivity index (χ1v) is 15.4. The Labute approximate surface area is 237 Å². The number of rotatable bonds is 5. The lowest BCUT2D eigenvalue weighted by atomic mass is 9.69. The van der Waals surface area contributed by atoms with Gasteiger partial charge in [-0.15, -0.1) is 0 Å². The van der Waals surface area contributed by atoms with Crippen LogP contribution in [0.5, 0.6) is 0 Å². The standard InChI is InChI=1S/C38H58/c1-12-26(3)21-28(5)23-32(9)38-33(10)29(6)18-16-14-15-17-27(4)22-31(8)37(13-2)36-20-19-35(25-36)24-30(7)34(38)11/h12,14-17,19,21,24-25,27,29,31-33,37-38H,11,13,18,20,22-23H2,1-10H3. The van der Waals surface area contributed by atoms with Crippen molar-refractivity contribution in [1.82, 2.24) is 0 Å². The van der Waals surface area contributed by atoms with Gasteiger partial charge >= 0.3 is 0 Å². The first-order valence-electron chi connectivity index (χ1n) is 15.4. The first-order chi connectivity index (χ1) is 18.0. The molecule has 0 aromatic heterocycles.